The topological polar surface area (TPSA) is 102 Å². The van der Waals surface area contributed by atoms with Gasteiger partial charge in [-0.1, -0.05) is 59.6 Å². The fraction of sp³-hybridized carbons (Fsp3) is 0.600. The molecule has 4 aliphatic rings. The quantitative estimate of drug-likeness (QED) is 0.0822. The highest BCUT2D eigenvalue weighted by Crippen LogP contribution is 2.44. The third-order valence-electron chi connectivity index (χ3n) is 14.2. The Balaban J connectivity index is 1.25. The number of fused-ring (bicyclic) bond motifs is 5. The predicted molar refractivity (Wildman–Crippen MR) is 251 cm³/mol. The van der Waals surface area contributed by atoms with E-state index in [-0.39, 0.29) is 48.5 Å². The predicted octanol–water partition coefficient (Wildman–Crippen LogP) is 10.2. The SMILES string of the molecule is COCOc1cc(-c2ncc3c(N4CC5CC(CN(C(=O)OC(C)(C)C)C5)C4)nc(OC[C@@]45CCCN4C[C@H](F)C5)nc3c2F)c2c(C#C[Si](C(C)C)(C(C)C)C(C)C)cccc2c1. The molecule has 14 heteroatoms. The van der Waals surface area contributed by atoms with Crippen molar-refractivity contribution in [2.24, 2.45) is 11.8 Å². The zero-order valence-corrected chi connectivity index (χ0v) is 40.4. The van der Waals surface area contributed by atoms with Gasteiger partial charge in [0.1, 0.15) is 49.2 Å². The van der Waals surface area contributed by atoms with E-state index in [9.17, 15) is 9.18 Å². The number of likely N-dealkylation sites (tertiary alicyclic amines) is 1. The molecule has 4 aromatic rings. The molecule has 2 bridgehead atoms. The minimum Gasteiger partial charge on any atom is -0.468 e. The first kappa shape index (κ1) is 46.0. The van der Waals surface area contributed by atoms with Crippen LogP contribution in [-0.2, 0) is 9.47 Å². The van der Waals surface area contributed by atoms with E-state index in [1.54, 1.807) is 13.3 Å². The van der Waals surface area contributed by atoms with E-state index in [0.717, 1.165) is 42.1 Å². The summed E-state index contributed by atoms with van der Waals surface area (Å²) in [6.45, 7) is 23.1. The molecule has 0 spiro atoms. The average molecular weight is 897 g/mol. The van der Waals surface area contributed by atoms with Crippen LogP contribution < -0.4 is 14.4 Å². The molecule has 2 aromatic heterocycles. The molecule has 2 aromatic carbocycles. The molecule has 344 valence electrons. The number of anilines is 1. The molecule has 4 atom stereocenters. The molecule has 0 saturated carbocycles. The summed E-state index contributed by atoms with van der Waals surface area (Å²) in [5, 5.41) is 2.07. The second-order valence-corrected chi connectivity index (χ2v) is 26.3. The first-order valence-electron chi connectivity index (χ1n) is 23.2. The van der Waals surface area contributed by atoms with Gasteiger partial charge in [-0.2, -0.15) is 9.97 Å². The van der Waals surface area contributed by atoms with E-state index in [0.29, 0.717) is 78.3 Å². The normalized spacial score (nSPS) is 22.7. The number of amides is 1. The van der Waals surface area contributed by atoms with Crippen LogP contribution in [0.3, 0.4) is 0 Å². The van der Waals surface area contributed by atoms with E-state index >= 15 is 4.39 Å². The summed E-state index contributed by atoms with van der Waals surface area (Å²) in [7, 11) is -0.575. The zero-order valence-electron chi connectivity index (χ0n) is 39.4. The molecule has 6 heterocycles. The Morgan fingerprint density at radius 2 is 1.70 bits per heavy atom. The summed E-state index contributed by atoms with van der Waals surface area (Å²) >= 11 is 0. The van der Waals surface area contributed by atoms with Gasteiger partial charge in [0, 0.05) is 69.0 Å². The lowest BCUT2D eigenvalue weighted by Crippen LogP contribution is -2.55. The van der Waals surface area contributed by atoms with Gasteiger partial charge in [0.05, 0.1) is 10.9 Å². The smallest absolute Gasteiger partial charge is 0.410 e. The fourth-order valence-corrected chi connectivity index (χ4v) is 16.8. The average Bonchev–Trinajstić information content (AvgIpc) is 3.76. The zero-order chi connectivity index (χ0) is 45.7. The molecule has 8 rings (SSSR count). The molecule has 0 N–H and O–H groups in total. The van der Waals surface area contributed by atoms with Crippen molar-refractivity contribution in [2.75, 3.05) is 64.7 Å². The van der Waals surface area contributed by atoms with E-state index < -0.39 is 31.2 Å². The van der Waals surface area contributed by atoms with Crippen molar-refractivity contribution in [3.63, 3.8) is 0 Å². The minimum absolute atomic E-state index is 0.00999. The van der Waals surface area contributed by atoms with Gasteiger partial charge in [0.15, 0.2) is 12.6 Å². The number of methoxy groups -OCH3 is 1. The lowest BCUT2D eigenvalue weighted by atomic mass is 9.84. The fourth-order valence-electron chi connectivity index (χ4n) is 11.6. The summed E-state index contributed by atoms with van der Waals surface area (Å²) in [6, 6.07) is 9.76. The molecular formula is C50H66F2N6O5Si. The highest BCUT2D eigenvalue weighted by Gasteiger charge is 2.50. The number of alkyl halides is 1. The lowest BCUT2D eigenvalue weighted by molar-refractivity contribution is 0.00758. The number of hydrogen-bond acceptors (Lipinski definition) is 10. The standard InChI is InChI=1S/C50H66F2N6O5Si/c1-31(2)64(32(3)4,33(5)6)18-15-36-13-11-14-37-20-39(62-30-60-10)21-40(42(36)37)44-43(52)45-41(23-53-44)46(55-47(54-45)61-29-50-16-12-17-58(50)28-38(51)22-50)56-24-34-19-35(25-56)27-57(26-34)48(59)63-49(7,8)9/h11,13-14,20-21,23,31-35,38H,12,16-17,19,22,24-30H2,1-10H3/t34?,35?,38-,50+/m1/s1. The number of piperidine rings is 2. The molecule has 64 heavy (non-hydrogen) atoms. The van der Waals surface area contributed by atoms with Crippen LogP contribution in [0.4, 0.5) is 19.4 Å². The Labute approximate surface area is 378 Å². The molecule has 4 saturated heterocycles. The van der Waals surface area contributed by atoms with Crippen LogP contribution >= 0.6 is 0 Å². The first-order chi connectivity index (χ1) is 30.4. The summed E-state index contributed by atoms with van der Waals surface area (Å²) in [5.41, 5.74) is 5.63. The number of aromatic nitrogens is 3. The summed E-state index contributed by atoms with van der Waals surface area (Å²) in [6.07, 6.45) is 3.55. The van der Waals surface area contributed by atoms with Gasteiger partial charge in [0.25, 0.3) is 0 Å². The summed E-state index contributed by atoms with van der Waals surface area (Å²) < 4.78 is 56.3. The Morgan fingerprint density at radius 3 is 2.38 bits per heavy atom. The maximum absolute atomic E-state index is 17.9. The van der Waals surface area contributed by atoms with Gasteiger partial charge >= 0.3 is 12.1 Å². The van der Waals surface area contributed by atoms with Crippen molar-refractivity contribution in [1.82, 2.24) is 24.8 Å². The molecule has 11 nitrogen and oxygen atoms in total. The number of rotatable bonds is 11. The maximum atomic E-state index is 17.9. The number of carbonyl (C=O) groups is 1. The number of benzene rings is 2. The van der Waals surface area contributed by atoms with Crippen LogP contribution in [0, 0.1) is 29.1 Å². The Bertz CT molecular complexity index is 2420. The van der Waals surface area contributed by atoms with Crippen LogP contribution in [0.1, 0.15) is 93.6 Å². The molecule has 0 radical (unpaired) electrons. The van der Waals surface area contributed by atoms with Crippen molar-refractivity contribution in [1.29, 1.82) is 0 Å². The van der Waals surface area contributed by atoms with Crippen LogP contribution in [-0.4, -0.2) is 116 Å². The van der Waals surface area contributed by atoms with Gasteiger partial charge in [-0.25, -0.2) is 13.6 Å². The van der Waals surface area contributed by atoms with Gasteiger partial charge in [-0.3, -0.25) is 9.88 Å². The Morgan fingerprint density at radius 1 is 0.984 bits per heavy atom. The van der Waals surface area contributed by atoms with Crippen molar-refractivity contribution in [2.45, 2.75) is 122 Å². The van der Waals surface area contributed by atoms with Crippen LogP contribution in [0.5, 0.6) is 11.8 Å². The minimum atomic E-state index is -2.13. The second-order valence-electron chi connectivity index (χ2n) is 20.7. The number of carbonyl (C=O) groups excluding carboxylic acids is 1. The second kappa shape index (κ2) is 18.0. The Kier molecular flexibility index (Phi) is 12.9. The number of pyridine rings is 1. The largest absolute Gasteiger partial charge is 0.468 e. The lowest BCUT2D eigenvalue weighted by Gasteiger charge is -2.46. The van der Waals surface area contributed by atoms with Gasteiger partial charge in [-0.15, -0.1) is 5.54 Å². The van der Waals surface area contributed by atoms with Crippen molar-refractivity contribution >= 4 is 41.7 Å². The molecule has 2 unspecified atom stereocenters. The Hall–Kier alpha value is -4.58. The van der Waals surface area contributed by atoms with Crippen molar-refractivity contribution < 1.29 is 32.5 Å². The van der Waals surface area contributed by atoms with Gasteiger partial charge in [-0.05, 0) is 98.6 Å². The van der Waals surface area contributed by atoms with Gasteiger partial charge in [0.2, 0.25) is 0 Å². The highest BCUT2D eigenvalue weighted by molar-refractivity contribution is 6.90. The molecule has 4 fully saturated rings. The van der Waals surface area contributed by atoms with E-state index in [4.69, 9.17) is 33.9 Å². The number of ether oxygens (including phenoxy) is 4. The third-order valence-corrected chi connectivity index (χ3v) is 20.5. The number of nitrogens with zero attached hydrogens (tertiary/aromatic N) is 6. The summed E-state index contributed by atoms with van der Waals surface area (Å²) in [4.78, 5) is 34.1. The van der Waals surface area contributed by atoms with Crippen molar-refractivity contribution in [3.8, 4) is 34.5 Å². The van der Waals surface area contributed by atoms with E-state index in [2.05, 4.69) is 62.8 Å². The molecule has 4 aliphatic heterocycles. The first-order valence-corrected chi connectivity index (χ1v) is 25.5. The third kappa shape index (κ3) is 8.88. The monoisotopic (exact) mass is 896 g/mol. The van der Waals surface area contributed by atoms with E-state index in [1.165, 1.54) is 0 Å². The number of hydrogen-bond donors (Lipinski definition) is 0. The van der Waals surface area contributed by atoms with Crippen LogP contribution in [0.25, 0.3) is 32.9 Å². The van der Waals surface area contributed by atoms with E-state index in [1.807, 2.05) is 56.0 Å². The van der Waals surface area contributed by atoms with Crippen LogP contribution in [0.2, 0.25) is 16.6 Å². The maximum Gasteiger partial charge on any atom is 0.410 e. The highest BCUT2D eigenvalue weighted by atomic mass is 28.3. The van der Waals surface area contributed by atoms with Crippen molar-refractivity contribution in [3.05, 3.63) is 47.9 Å². The molecular weight excluding hydrogens is 831 g/mol. The number of halogens is 2. The van der Waals surface area contributed by atoms with Crippen LogP contribution in [0.15, 0.2) is 36.5 Å². The van der Waals surface area contributed by atoms with Gasteiger partial charge < -0.3 is 28.7 Å². The molecule has 0 aliphatic carbocycles. The molecule has 1 amide bonds. The summed E-state index contributed by atoms with van der Waals surface area (Å²) in [5.74, 6) is 4.34.